The van der Waals surface area contributed by atoms with Crippen LogP contribution in [0.3, 0.4) is 0 Å². The molecule has 132 valence electrons. The number of fused-ring (bicyclic) bond motifs is 1. The summed E-state index contributed by atoms with van der Waals surface area (Å²) in [4.78, 5) is 24.8. The van der Waals surface area contributed by atoms with Crippen LogP contribution >= 0.6 is 35.1 Å². The average molecular weight is 394 g/mol. The molecule has 1 aromatic heterocycles. The molecule has 7 heteroatoms. The Morgan fingerprint density at radius 1 is 1.32 bits per heavy atom. The molecule has 2 aromatic rings. The molecular formula is C18H20ClN3OS2. The maximum absolute atomic E-state index is 12.8. The number of aromatic nitrogens is 2. The lowest BCUT2D eigenvalue weighted by atomic mass is 10.1. The van der Waals surface area contributed by atoms with Crippen molar-refractivity contribution in [3.05, 3.63) is 40.2 Å². The van der Waals surface area contributed by atoms with Gasteiger partial charge in [0.05, 0.1) is 5.69 Å². The Hall–Kier alpha value is -1.24. The van der Waals surface area contributed by atoms with E-state index in [0.717, 1.165) is 45.0 Å². The number of thioether (sulfide) groups is 2. The molecule has 0 aliphatic carbocycles. The Morgan fingerprint density at radius 2 is 2.04 bits per heavy atom. The van der Waals surface area contributed by atoms with E-state index in [2.05, 4.69) is 9.97 Å². The van der Waals surface area contributed by atoms with Gasteiger partial charge in [-0.3, -0.25) is 4.79 Å². The van der Waals surface area contributed by atoms with E-state index >= 15 is 0 Å². The molecule has 0 fully saturated rings. The van der Waals surface area contributed by atoms with Crippen molar-refractivity contribution >= 4 is 46.7 Å². The number of halogens is 1. The van der Waals surface area contributed by atoms with Crippen molar-refractivity contribution in [2.24, 2.45) is 0 Å². The first-order valence-electron chi connectivity index (χ1n) is 8.10. The second-order valence-corrected chi connectivity index (χ2v) is 8.21. The molecule has 0 saturated heterocycles. The number of amides is 1. The number of aryl methyl sites for hydroxylation is 2. The molecule has 0 unspecified atom stereocenters. The van der Waals surface area contributed by atoms with Gasteiger partial charge < -0.3 is 4.90 Å². The van der Waals surface area contributed by atoms with Gasteiger partial charge in [-0.1, -0.05) is 23.4 Å². The number of anilines is 1. The summed E-state index contributed by atoms with van der Waals surface area (Å²) in [7, 11) is 0. The minimum Gasteiger partial charge on any atom is -0.310 e. The quantitative estimate of drug-likeness (QED) is 0.563. The van der Waals surface area contributed by atoms with Crippen molar-refractivity contribution in [3.63, 3.8) is 0 Å². The summed E-state index contributed by atoms with van der Waals surface area (Å²) in [6, 6.07) is 5.75. The zero-order valence-corrected chi connectivity index (χ0v) is 16.9. The van der Waals surface area contributed by atoms with Gasteiger partial charge in [0.25, 0.3) is 0 Å². The van der Waals surface area contributed by atoms with Crippen molar-refractivity contribution < 1.29 is 4.79 Å². The number of benzene rings is 1. The number of carbonyl (C=O) groups is 1. The number of hydrogen-bond donors (Lipinski definition) is 0. The molecule has 0 N–H and O–H groups in total. The second-order valence-electron chi connectivity index (χ2n) is 5.87. The second kappa shape index (κ2) is 7.98. The minimum atomic E-state index is 0.122. The zero-order valence-electron chi connectivity index (χ0n) is 14.5. The highest BCUT2D eigenvalue weighted by atomic mass is 35.5. The van der Waals surface area contributed by atoms with E-state index in [0.29, 0.717) is 17.9 Å². The smallest absolute Gasteiger partial charge is 0.227 e. The summed E-state index contributed by atoms with van der Waals surface area (Å²) in [5, 5.41) is 1.44. The van der Waals surface area contributed by atoms with Crippen LogP contribution in [0.25, 0.3) is 0 Å². The van der Waals surface area contributed by atoms with Crippen LogP contribution in [0.4, 0.5) is 5.69 Å². The molecule has 25 heavy (non-hydrogen) atoms. The highest BCUT2D eigenvalue weighted by Gasteiger charge is 2.23. The Bertz CT molecular complexity index is 790. The molecule has 2 heterocycles. The monoisotopic (exact) mass is 393 g/mol. The maximum atomic E-state index is 12.8. The average Bonchev–Trinajstić information content (AvgIpc) is 2.60. The van der Waals surface area contributed by atoms with Crippen LogP contribution in [0.15, 0.2) is 28.3 Å². The summed E-state index contributed by atoms with van der Waals surface area (Å²) in [6.07, 6.45) is 3.07. The van der Waals surface area contributed by atoms with E-state index in [4.69, 9.17) is 11.6 Å². The number of carbonyl (C=O) groups excluding carboxylic acids is 1. The van der Waals surface area contributed by atoms with Gasteiger partial charge in [0.1, 0.15) is 0 Å². The van der Waals surface area contributed by atoms with E-state index in [9.17, 15) is 4.79 Å². The normalized spacial score (nSPS) is 13.7. The number of rotatable bonds is 4. The summed E-state index contributed by atoms with van der Waals surface area (Å²) < 4.78 is 0. The molecule has 1 aliphatic heterocycles. The predicted molar refractivity (Wildman–Crippen MR) is 106 cm³/mol. The van der Waals surface area contributed by atoms with Crippen LogP contribution in [-0.4, -0.2) is 34.4 Å². The molecule has 0 atom stereocenters. The highest BCUT2D eigenvalue weighted by molar-refractivity contribution is 7.99. The molecule has 0 spiro atoms. The number of hydrogen-bond acceptors (Lipinski definition) is 5. The summed E-state index contributed by atoms with van der Waals surface area (Å²) in [5.41, 5.74) is 3.92. The fourth-order valence-electron chi connectivity index (χ4n) is 2.98. The standard InChI is InChI=1S/C18H20ClN3OS2/c1-11-14(12(2)21-18(20-11)24-3)5-7-17(23)22-8-9-25-16-6-4-13(19)10-15(16)22/h4,6,10H,5,7-9H2,1-3H3. The van der Waals surface area contributed by atoms with Crippen LogP contribution < -0.4 is 4.90 Å². The lowest BCUT2D eigenvalue weighted by molar-refractivity contribution is -0.118. The third-order valence-electron chi connectivity index (χ3n) is 4.26. The van der Waals surface area contributed by atoms with Crippen LogP contribution in [-0.2, 0) is 11.2 Å². The van der Waals surface area contributed by atoms with E-state index in [1.807, 2.05) is 43.2 Å². The van der Waals surface area contributed by atoms with E-state index in [1.54, 1.807) is 11.8 Å². The van der Waals surface area contributed by atoms with Crippen molar-refractivity contribution in [1.29, 1.82) is 0 Å². The molecule has 0 bridgehead atoms. The lowest BCUT2D eigenvalue weighted by Crippen LogP contribution is -2.35. The van der Waals surface area contributed by atoms with E-state index < -0.39 is 0 Å². The third kappa shape index (κ3) is 4.13. The lowest BCUT2D eigenvalue weighted by Gasteiger charge is -2.29. The van der Waals surface area contributed by atoms with Gasteiger partial charge in [-0.05, 0) is 50.3 Å². The van der Waals surface area contributed by atoms with Gasteiger partial charge in [-0.25, -0.2) is 9.97 Å². The Balaban J connectivity index is 1.76. The molecule has 3 rings (SSSR count). The fraction of sp³-hybridized carbons (Fsp3) is 0.389. The molecule has 0 radical (unpaired) electrons. The van der Waals surface area contributed by atoms with Crippen molar-refractivity contribution in [2.75, 3.05) is 23.5 Å². The number of nitrogens with zero attached hydrogens (tertiary/aromatic N) is 3. The summed E-state index contributed by atoms with van der Waals surface area (Å²) >= 11 is 9.43. The molecule has 0 saturated carbocycles. The molecule has 1 aromatic carbocycles. The molecule has 1 aliphatic rings. The van der Waals surface area contributed by atoms with Crippen LogP contribution in [0.5, 0.6) is 0 Å². The first-order chi connectivity index (χ1) is 12.0. The summed E-state index contributed by atoms with van der Waals surface area (Å²) in [6.45, 7) is 4.69. The van der Waals surface area contributed by atoms with Gasteiger partial charge in [-0.15, -0.1) is 11.8 Å². The molecule has 1 amide bonds. The van der Waals surface area contributed by atoms with Gasteiger partial charge in [-0.2, -0.15) is 0 Å². The van der Waals surface area contributed by atoms with Crippen molar-refractivity contribution in [1.82, 2.24) is 9.97 Å². The third-order valence-corrected chi connectivity index (χ3v) is 6.08. The molecular weight excluding hydrogens is 374 g/mol. The Kier molecular flexibility index (Phi) is 5.92. The first kappa shape index (κ1) is 18.5. The van der Waals surface area contributed by atoms with Crippen LogP contribution in [0.2, 0.25) is 5.02 Å². The van der Waals surface area contributed by atoms with Crippen molar-refractivity contribution in [2.45, 2.75) is 36.7 Å². The minimum absolute atomic E-state index is 0.122. The largest absolute Gasteiger partial charge is 0.310 e. The van der Waals surface area contributed by atoms with E-state index in [1.165, 1.54) is 11.8 Å². The first-order valence-corrected chi connectivity index (χ1v) is 10.7. The molecule has 4 nitrogen and oxygen atoms in total. The van der Waals surface area contributed by atoms with Crippen LogP contribution in [0, 0.1) is 13.8 Å². The fourth-order valence-corrected chi connectivity index (χ4v) is 4.58. The maximum Gasteiger partial charge on any atom is 0.227 e. The Morgan fingerprint density at radius 3 is 2.72 bits per heavy atom. The Labute approximate surface area is 161 Å². The highest BCUT2D eigenvalue weighted by Crippen LogP contribution is 2.37. The topological polar surface area (TPSA) is 46.1 Å². The van der Waals surface area contributed by atoms with Gasteiger partial charge in [0, 0.05) is 40.0 Å². The SMILES string of the molecule is CSc1nc(C)c(CCC(=O)N2CCSc3ccc(Cl)cc32)c(C)n1. The van der Waals surface area contributed by atoms with Crippen molar-refractivity contribution in [3.8, 4) is 0 Å². The van der Waals surface area contributed by atoms with Gasteiger partial charge in [0.15, 0.2) is 5.16 Å². The van der Waals surface area contributed by atoms with Gasteiger partial charge >= 0.3 is 0 Å². The predicted octanol–water partition coefficient (Wildman–Crippen LogP) is 4.54. The van der Waals surface area contributed by atoms with Gasteiger partial charge in [0.2, 0.25) is 5.91 Å². The van der Waals surface area contributed by atoms with Crippen LogP contribution in [0.1, 0.15) is 23.4 Å². The zero-order chi connectivity index (χ0) is 18.0. The summed E-state index contributed by atoms with van der Waals surface area (Å²) in [5.74, 6) is 1.03. The van der Waals surface area contributed by atoms with E-state index in [-0.39, 0.29) is 5.91 Å².